The van der Waals surface area contributed by atoms with E-state index < -0.39 is 35.3 Å². The van der Waals surface area contributed by atoms with Gasteiger partial charge in [0.2, 0.25) is 0 Å². The third kappa shape index (κ3) is 6.11. The van der Waals surface area contributed by atoms with E-state index in [9.17, 15) is 35.9 Å². The number of anilines is 1. The molecular formula is C32H21F6NO4. The zero-order valence-corrected chi connectivity index (χ0v) is 22.3. The number of hydrogen-bond acceptors (Lipinski definition) is 4. The van der Waals surface area contributed by atoms with E-state index in [1.165, 1.54) is 49.6 Å². The summed E-state index contributed by atoms with van der Waals surface area (Å²) in [6.45, 7) is -0.180. The molecule has 220 valence electrons. The third-order valence-electron chi connectivity index (χ3n) is 6.66. The molecule has 0 aromatic heterocycles. The first-order valence-corrected chi connectivity index (χ1v) is 12.7. The van der Waals surface area contributed by atoms with Crippen molar-refractivity contribution >= 4 is 29.2 Å². The topological polar surface area (TPSA) is 55.8 Å². The van der Waals surface area contributed by atoms with Gasteiger partial charge < -0.3 is 9.47 Å². The minimum atomic E-state index is -4.68. The Kier molecular flexibility index (Phi) is 7.74. The number of rotatable bonds is 6. The molecule has 0 radical (unpaired) electrons. The summed E-state index contributed by atoms with van der Waals surface area (Å²) in [6, 6.07) is 19.5. The molecule has 11 heteroatoms. The predicted octanol–water partition coefficient (Wildman–Crippen LogP) is 8.04. The van der Waals surface area contributed by atoms with Crippen molar-refractivity contribution in [3.05, 3.63) is 124 Å². The van der Waals surface area contributed by atoms with Crippen LogP contribution < -0.4 is 14.4 Å². The molecule has 1 aliphatic heterocycles. The van der Waals surface area contributed by atoms with E-state index in [4.69, 9.17) is 9.47 Å². The van der Waals surface area contributed by atoms with Crippen molar-refractivity contribution in [2.75, 3.05) is 12.0 Å². The Labute approximate surface area is 241 Å². The predicted molar refractivity (Wildman–Crippen MR) is 146 cm³/mol. The summed E-state index contributed by atoms with van der Waals surface area (Å²) in [5.74, 6) is -1.17. The van der Waals surface area contributed by atoms with Crippen LogP contribution in [0.3, 0.4) is 0 Å². The summed E-state index contributed by atoms with van der Waals surface area (Å²) < 4.78 is 90.4. The minimum absolute atomic E-state index is 0.0484. The lowest BCUT2D eigenvalue weighted by Crippen LogP contribution is -2.41. The number of nitrogens with zero attached hydrogens (tertiary/aromatic N) is 1. The Morgan fingerprint density at radius 2 is 1.35 bits per heavy atom. The van der Waals surface area contributed by atoms with Crippen molar-refractivity contribution in [1.29, 1.82) is 0 Å². The molecule has 0 aliphatic carbocycles. The zero-order chi connectivity index (χ0) is 30.9. The fourth-order valence-electron chi connectivity index (χ4n) is 4.61. The number of fused-ring (bicyclic) bond motifs is 1. The molecule has 5 rings (SSSR count). The molecule has 4 aromatic carbocycles. The van der Waals surface area contributed by atoms with Gasteiger partial charge in [0.25, 0.3) is 11.8 Å². The van der Waals surface area contributed by atoms with E-state index in [-0.39, 0.29) is 40.5 Å². The Bertz CT molecular complexity index is 1740. The smallest absolute Gasteiger partial charge is 0.416 e. The maximum Gasteiger partial charge on any atom is 0.416 e. The second kappa shape index (κ2) is 11.3. The summed E-state index contributed by atoms with van der Waals surface area (Å²) in [6.07, 6.45) is -7.72. The number of halogens is 6. The first-order chi connectivity index (χ1) is 20.4. The van der Waals surface area contributed by atoms with E-state index in [0.29, 0.717) is 16.0 Å². The highest BCUT2D eigenvalue weighted by Crippen LogP contribution is 2.38. The van der Waals surface area contributed by atoms with Crippen molar-refractivity contribution in [2.45, 2.75) is 19.0 Å². The van der Waals surface area contributed by atoms with Crippen molar-refractivity contribution in [2.24, 2.45) is 0 Å². The average Bonchev–Trinajstić information content (AvgIpc) is 2.98. The molecule has 2 amide bonds. The van der Waals surface area contributed by atoms with E-state index in [1.54, 1.807) is 24.3 Å². The lowest BCUT2D eigenvalue weighted by Gasteiger charge is -2.29. The van der Waals surface area contributed by atoms with Crippen LogP contribution in [0, 0.1) is 0 Å². The van der Waals surface area contributed by atoms with Gasteiger partial charge in [0.1, 0.15) is 6.61 Å². The Balaban J connectivity index is 1.48. The van der Waals surface area contributed by atoms with Crippen LogP contribution in [0.5, 0.6) is 11.5 Å². The van der Waals surface area contributed by atoms with Gasteiger partial charge in [-0.05, 0) is 71.3 Å². The first kappa shape index (κ1) is 29.4. The van der Waals surface area contributed by atoms with Crippen molar-refractivity contribution in [1.82, 2.24) is 0 Å². The standard InChI is InChI=1S/C32H21F6NO4/c1-42-28-16-19(12-13-27(28)43-18-20-6-4-7-21(14-20)31(33,34)35)15-26-24-10-2-3-11-25(24)29(40)39(30(26)41)23-9-5-8-22(17-23)32(36,37)38/h2-17H,18H2,1H3/b26-15+. The van der Waals surface area contributed by atoms with Gasteiger partial charge in [-0.1, -0.05) is 42.5 Å². The van der Waals surface area contributed by atoms with Gasteiger partial charge in [-0.3, -0.25) is 9.59 Å². The van der Waals surface area contributed by atoms with Crippen molar-refractivity contribution in [3.63, 3.8) is 0 Å². The van der Waals surface area contributed by atoms with Crippen LogP contribution in [0.2, 0.25) is 0 Å². The lowest BCUT2D eigenvalue weighted by atomic mass is 9.91. The number of methoxy groups -OCH3 is 1. The first-order valence-electron chi connectivity index (χ1n) is 12.7. The van der Waals surface area contributed by atoms with E-state index in [1.807, 2.05) is 0 Å². The number of carbonyl (C=O) groups excluding carboxylic acids is 2. The molecular weight excluding hydrogens is 576 g/mol. The fraction of sp³-hybridized carbons (Fsp3) is 0.125. The molecule has 0 saturated heterocycles. The van der Waals surface area contributed by atoms with Crippen LogP contribution in [0.15, 0.2) is 91.0 Å². The lowest BCUT2D eigenvalue weighted by molar-refractivity contribution is -0.138. The van der Waals surface area contributed by atoms with E-state index in [2.05, 4.69) is 0 Å². The van der Waals surface area contributed by atoms with Crippen molar-refractivity contribution < 1.29 is 45.4 Å². The van der Waals surface area contributed by atoms with Gasteiger partial charge >= 0.3 is 12.4 Å². The Hall–Kier alpha value is -5.06. The number of hydrogen-bond donors (Lipinski definition) is 0. The largest absolute Gasteiger partial charge is 0.493 e. The van der Waals surface area contributed by atoms with E-state index in [0.717, 1.165) is 30.3 Å². The highest BCUT2D eigenvalue weighted by Gasteiger charge is 2.37. The van der Waals surface area contributed by atoms with E-state index >= 15 is 0 Å². The fourth-order valence-corrected chi connectivity index (χ4v) is 4.61. The van der Waals surface area contributed by atoms with Crippen molar-refractivity contribution in [3.8, 4) is 11.5 Å². The van der Waals surface area contributed by atoms with Crippen LogP contribution in [0.25, 0.3) is 11.6 Å². The second-order valence-corrected chi connectivity index (χ2v) is 9.49. The zero-order valence-electron chi connectivity index (χ0n) is 22.3. The number of amides is 2. The van der Waals surface area contributed by atoms with Gasteiger partial charge in [-0.2, -0.15) is 26.3 Å². The molecule has 0 atom stereocenters. The Morgan fingerprint density at radius 3 is 2.02 bits per heavy atom. The SMILES string of the molecule is COc1cc(/C=C2/C(=O)N(c3cccc(C(F)(F)F)c3)C(=O)c3ccccc32)ccc1OCc1cccc(C(F)(F)F)c1. The van der Waals surface area contributed by atoms with Crippen LogP contribution >= 0.6 is 0 Å². The number of carbonyl (C=O) groups is 2. The summed E-state index contributed by atoms with van der Waals surface area (Å²) in [5, 5.41) is 0. The monoisotopic (exact) mass is 597 g/mol. The summed E-state index contributed by atoms with van der Waals surface area (Å²) >= 11 is 0. The van der Waals surface area contributed by atoms with Gasteiger partial charge in [0, 0.05) is 11.1 Å². The molecule has 5 nitrogen and oxygen atoms in total. The molecule has 0 saturated carbocycles. The molecule has 0 bridgehead atoms. The summed E-state index contributed by atoms with van der Waals surface area (Å²) in [4.78, 5) is 27.7. The number of alkyl halides is 6. The molecule has 1 heterocycles. The van der Waals surface area contributed by atoms with Crippen LogP contribution in [0.4, 0.5) is 32.0 Å². The average molecular weight is 598 g/mol. The maximum atomic E-state index is 13.7. The van der Waals surface area contributed by atoms with Crippen LogP contribution in [-0.4, -0.2) is 18.9 Å². The number of ether oxygens (including phenoxy) is 2. The molecule has 0 spiro atoms. The summed E-state index contributed by atoms with van der Waals surface area (Å²) in [7, 11) is 1.36. The molecule has 0 fully saturated rings. The van der Waals surface area contributed by atoms with Gasteiger partial charge in [-0.25, -0.2) is 4.90 Å². The van der Waals surface area contributed by atoms with Gasteiger partial charge in [0.05, 0.1) is 23.9 Å². The molecule has 0 unspecified atom stereocenters. The highest BCUT2D eigenvalue weighted by atomic mass is 19.4. The normalized spacial score (nSPS) is 14.6. The minimum Gasteiger partial charge on any atom is -0.493 e. The summed E-state index contributed by atoms with van der Waals surface area (Å²) in [5.41, 5.74) is -0.874. The second-order valence-electron chi connectivity index (χ2n) is 9.49. The van der Waals surface area contributed by atoms with Gasteiger partial charge in [0.15, 0.2) is 11.5 Å². The van der Waals surface area contributed by atoms with Crippen LogP contribution in [0.1, 0.15) is 38.2 Å². The van der Waals surface area contributed by atoms with Crippen LogP contribution in [-0.2, 0) is 23.8 Å². The quantitative estimate of drug-likeness (QED) is 0.128. The molecule has 4 aromatic rings. The van der Waals surface area contributed by atoms with Gasteiger partial charge in [-0.15, -0.1) is 0 Å². The number of imide groups is 1. The molecule has 1 aliphatic rings. The maximum absolute atomic E-state index is 13.7. The molecule has 43 heavy (non-hydrogen) atoms. The number of benzene rings is 4. The third-order valence-corrected chi connectivity index (χ3v) is 6.66. The highest BCUT2D eigenvalue weighted by molar-refractivity contribution is 6.43. The molecule has 0 N–H and O–H groups in total. The Morgan fingerprint density at radius 1 is 0.698 bits per heavy atom.